The fourth-order valence-corrected chi connectivity index (χ4v) is 2.32. The molecule has 0 aliphatic heterocycles. The number of hydrogen-bond donors (Lipinski definition) is 1. The lowest BCUT2D eigenvalue weighted by atomic mass is 10.3. The molecule has 3 heterocycles. The lowest BCUT2D eigenvalue weighted by Crippen LogP contribution is -1.94. The van der Waals surface area contributed by atoms with E-state index in [-0.39, 0.29) is 5.75 Å². The average molecular weight is 293 g/mol. The van der Waals surface area contributed by atoms with Crippen LogP contribution in [0.15, 0.2) is 45.7 Å². The maximum absolute atomic E-state index is 9.50. The molecule has 0 saturated carbocycles. The van der Waals surface area contributed by atoms with E-state index < -0.39 is 0 Å². The molecule has 0 spiro atoms. The van der Waals surface area contributed by atoms with Crippen LogP contribution in [0.4, 0.5) is 0 Å². The van der Waals surface area contributed by atoms with Crippen molar-refractivity contribution in [1.29, 1.82) is 0 Å². The number of fused-ring (bicyclic) bond motifs is 1. The molecule has 0 unspecified atom stereocenters. The Balaban J connectivity index is 2.13. The topological polar surface area (TPSA) is 50.7 Å². The summed E-state index contributed by atoms with van der Waals surface area (Å²) < 4.78 is 7.91. The van der Waals surface area contributed by atoms with Gasteiger partial charge in [-0.25, -0.2) is 4.98 Å². The van der Waals surface area contributed by atoms with Gasteiger partial charge in [-0.05, 0) is 40.2 Å². The number of halogens is 1. The van der Waals surface area contributed by atoms with Crippen LogP contribution in [0.5, 0.6) is 5.75 Å². The number of imidazole rings is 1. The molecule has 3 rings (SSSR count). The standard InChI is InChI=1S/C12H9BrN2O2/c13-12-10-4-3-8(16)7-15(10)11(14-12)6-9-2-1-5-17-9/h1-5,7,16H,6H2. The predicted octanol–water partition coefficient (Wildman–Crippen LogP) is 2.99. The Bertz CT molecular complexity index is 659. The highest BCUT2D eigenvalue weighted by Crippen LogP contribution is 2.23. The first-order valence-electron chi connectivity index (χ1n) is 5.12. The van der Waals surface area contributed by atoms with E-state index in [9.17, 15) is 5.11 Å². The molecule has 0 atom stereocenters. The van der Waals surface area contributed by atoms with E-state index in [0.717, 1.165) is 21.7 Å². The van der Waals surface area contributed by atoms with E-state index in [2.05, 4.69) is 20.9 Å². The van der Waals surface area contributed by atoms with Crippen LogP contribution in [0.3, 0.4) is 0 Å². The molecular weight excluding hydrogens is 284 g/mol. The largest absolute Gasteiger partial charge is 0.506 e. The quantitative estimate of drug-likeness (QED) is 0.790. The van der Waals surface area contributed by atoms with Gasteiger partial charge in [0.25, 0.3) is 0 Å². The normalized spacial score (nSPS) is 11.1. The fourth-order valence-electron chi connectivity index (χ4n) is 1.79. The van der Waals surface area contributed by atoms with Crippen LogP contribution < -0.4 is 0 Å². The summed E-state index contributed by atoms with van der Waals surface area (Å²) in [5.41, 5.74) is 0.921. The highest BCUT2D eigenvalue weighted by Gasteiger charge is 2.11. The highest BCUT2D eigenvalue weighted by molar-refractivity contribution is 9.10. The van der Waals surface area contributed by atoms with Gasteiger partial charge in [0.05, 0.1) is 24.4 Å². The van der Waals surface area contributed by atoms with Crippen molar-refractivity contribution < 1.29 is 9.52 Å². The number of aromatic nitrogens is 2. The summed E-state index contributed by atoms with van der Waals surface area (Å²) in [7, 11) is 0. The lowest BCUT2D eigenvalue weighted by Gasteiger charge is -2.00. The third kappa shape index (κ3) is 1.82. The molecule has 86 valence electrons. The minimum absolute atomic E-state index is 0.211. The van der Waals surface area contributed by atoms with Crippen LogP contribution in [-0.4, -0.2) is 14.5 Å². The van der Waals surface area contributed by atoms with Gasteiger partial charge >= 0.3 is 0 Å². The minimum Gasteiger partial charge on any atom is -0.506 e. The summed E-state index contributed by atoms with van der Waals surface area (Å²) in [4.78, 5) is 4.41. The van der Waals surface area contributed by atoms with E-state index in [1.54, 1.807) is 18.5 Å². The summed E-state index contributed by atoms with van der Waals surface area (Å²) in [5.74, 6) is 1.87. The van der Waals surface area contributed by atoms with Crippen molar-refractivity contribution in [3.05, 3.63) is 52.9 Å². The van der Waals surface area contributed by atoms with Crippen LogP contribution in [0.2, 0.25) is 0 Å². The van der Waals surface area contributed by atoms with Crippen molar-refractivity contribution in [3.8, 4) is 5.75 Å². The van der Waals surface area contributed by atoms with Gasteiger partial charge in [-0.15, -0.1) is 0 Å². The molecular formula is C12H9BrN2O2. The van der Waals surface area contributed by atoms with Gasteiger partial charge in [-0.1, -0.05) is 0 Å². The van der Waals surface area contributed by atoms with Crippen molar-refractivity contribution >= 4 is 21.4 Å². The molecule has 5 heteroatoms. The average Bonchev–Trinajstić information content (AvgIpc) is 2.89. The van der Waals surface area contributed by atoms with Gasteiger partial charge in [0.1, 0.15) is 21.9 Å². The van der Waals surface area contributed by atoms with Crippen LogP contribution in [0.25, 0.3) is 5.52 Å². The zero-order valence-electron chi connectivity index (χ0n) is 8.80. The fraction of sp³-hybridized carbons (Fsp3) is 0.0833. The molecule has 0 fully saturated rings. The molecule has 17 heavy (non-hydrogen) atoms. The van der Waals surface area contributed by atoms with Crippen molar-refractivity contribution in [2.75, 3.05) is 0 Å². The Labute approximate surface area is 106 Å². The Morgan fingerprint density at radius 3 is 3.00 bits per heavy atom. The molecule has 3 aromatic rings. The molecule has 0 aliphatic carbocycles. The molecule has 0 saturated heterocycles. The second kappa shape index (κ2) is 3.92. The van der Waals surface area contributed by atoms with E-state index in [4.69, 9.17) is 4.42 Å². The van der Waals surface area contributed by atoms with Crippen molar-refractivity contribution in [3.63, 3.8) is 0 Å². The van der Waals surface area contributed by atoms with Crippen LogP contribution >= 0.6 is 15.9 Å². The lowest BCUT2D eigenvalue weighted by molar-refractivity contribution is 0.471. The monoisotopic (exact) mass is 292 g/mol. The SMILES string of the molecule is Oc1ccc2c(Br)nc(Cc3ccco3)n2c1. The summed E-state index contributed by atoms with van der Waals surface area (Å²) in [6.45, 7) is 0. The predicted molar refractivity (Wildman–Crippen MR) is 66.1 cm³/mol. The molecule has 4 nitrogen and oxygen atoms in total. The second-order valence-electron chi connectivity index (χ2n) is 3.72. The third-order valence-corrected chi connectivity index (χ3v) is 3.15. The number of furan rings is 1. The van der Waals surface area contributed by atoms with Gasteiger partial charge in [-0.3, -0.25) is 4.40 Å². The smallest absolute Gasteiger partial charge is 0.132 e. The van der Waals surface area contributed by atoms with E-state index in [1.165, 1.54) is 0 Å². The number of aromatic hydroxyl groups is 1. The minimum atomic E-state index is 0.211. The molecule has 0 radical (unpaired) electrons. The molecule has 0 aliphatic rings. The van der Waals surface area contributed by atoms with Crippen molar-refractivity contribution in [2.24, 2.45) is 0 Å². The molecule has 0 amide bonds. The summed E-state index contributed by atoms with van der Waals surface area (Å²) in [5, 5.41) is 9.50. The maximum Gasteiger partial charge on any atom is 0.132 e. The van der Waals surface area contributed by atoms with Gasteiger partial charge in [0, 0.05) is 0 Å². The third-order valence-electron chi connectivity index (χ3n) is 2.56. The molecule has 0 bridgehead atoms. The highest BCUT2D eigenvalue weighted by atomic mass is 79.9. The van der Waals surface area contributed by atoms with Crippen molar-refractivity contribution in [2.45, 2.75) is 6.42 Å². The Hall–Kier alpha value is -1.75. The first-order chi connectivity index (χ1) is 8.24. The van der Waals surface area contributed by atoms with E-state index in [1.807, 2.05) is 22.6 Å². The summed E-state index contributed by atoms with van der Waals surface area (Å²) in [6.07, 6.45) is 3.87. The number of pyridine rings is 1. The van der Waals surface area contributed by atoms with Crippen LogP contribution in [0, 0.1) is 0 Å². The van der Waals surface area contributed by atoms with E-state index in [0.29, 0.717) is 6.42 Å². The zero-order valence-corrected chi connectivity index (χ0v) is 10.4. The first-order valence-corrected chi connectivity index (χ1v) is 5.91. The Kier molecular flexibility index (Phi) is 2.40. The number of hydrogen-bond acceptors (Lipinski definition) is 3. The Morgan fingerprint density at radius 1 is 1.35 bits per heavy atom. The van der Waals surface area contributed by atoms with Crippen LogP contribution in [-0.2, 0) is 6.42 Å². The van der Waals surface area contributed by atoms with Crippen LogP contribution in [0.1, 0.15) is 11.6 Å². The first kappa shape index (κ1) is 10.4. The van der Waals surface area contributed by atoms with Gasteiger partial charge in [0.15, 0.2) is 0 Å². The summed E-state index contributed by atoms with van der Waals surface area (Å²) >= 11 is 3.40. The van der Waals surface area contributed by atoms with E-state index >= 15 is 0 Å². The molecule has 3 aromatic heterocycles. The molecule has 1 N–H and O–H groups in total. The van der Waals surface area contributed by atoms with Crippen molar-refractivity contribution in [1.82, 2.24) is 9.38 Å². The summed E-state index contributed by atoms with van der Waals surface area (Å²) in [6, 6.07) is 7.20. The van der Waals surface area contributed by atoms with Gasteiger partial charge in [0.2, 0.25) is 0 Å². The number of nitrogens with zero attached hydrogens (tertiary/aromatic N) is 2. The zero-order chi connectivity index (χ0) is 11.8. The van der Waals surface area contributed by atoms with Gasteiger partial charge < -0.3 is 9.52 Å². The van der Waals surface area contributed by atoms with Gasteiger partial charge in [-0.2, -0.15) is 0 Å². The Morgan fingerprint density at radius 2 is 2.24 bits per heavy atom. The number of rotatable bonds is 2. The second-order valence-corrected chi connectivity index (χ2v) is 4.47. The maximum atomic E-state index is 9.50. The molecule has 0 aromatic carbocycles.